The minimum Gasteiger partial charge on any atom is -0.466 e. The first-order valence-corrected chi connectivity index (χ1v) is 5.81. The fourth-order valence-electron chi connectivity index (χ4n) is 1.94. The number of hydrogen-bond donors (Lipinski definition) is 1. The second-order valence-corrected chi connectivity index (χ2v) is 4.21. The number of hydrogen-bond acceptors (Lipinski definition) is 4. The second-order valence-electron chi connectivity index (χ2n) is 4.21. The molecular weight excluding hydrogens is 216 g/mol. The lowest BCUT2D eigenvalue weighted by atomic mass is 10.1. The zero-order valence-corrected chi connectivity index (χ0v) is 10.5. The largest absolute Gasteiger partial charge is 0.466 e. The first kappa shape index (κ1) is 11.9. The highest BCUT2D eigenvalue weighted by molar-refractivity contribution is 5.23. The third kappa shape index (κ3) is 2.94. The van der Waals surface area contributed by atoms with Crippen molar-refractivity contribution in [2.24, 2.45) is 0 Å². The lowest BCUT2D eigenvalue weighted by molar-refractivity contribution is 0.476. The van der Waals surface area contributed by atoms with Gasteiger partial charge in [-0.15, -0.1) is 5.10 Å². The van der Waals surface area contributed by atoms with Gasteiger partial charge in [0.15, 0.2) is 0 Å². The maximum absolute atomic E-state index is 5.52. The van der Waals surface area contributed by atoms with E-state index in [-0.39, 0.29) is 6.04 Å². The van der Waals surface area contributed by atoms with Gasteiger partial charge in [-0.25, -0.2) is 0 Å². The van der Waals surface area contributed by atoms with Crippen LogP contribution in [0.3, 0.4) is 0 Å². The highest BCUT2D eigenvalue weighted by Gasteiger charge is 2.11. The van der Waals surface area contributed by atoms with Crippen molar-refractivity contribution in [1.82, 2.24) is 20.3 Å². The summed E-state index contributed by atoms with van der Waals surface area (Å²) in [6.45, 7) is 7.78. The van der Waals surface area contributed by atoms with Gasteiger partial charge in [-0.1, -0.05) is 5.21 Å². The molecule has 2 heterocycles. The Morgan fingerprint density at radius 1 is 1.47 bits per heavy atom. The van der Waals surface area contributed by atoms with Crippen molar-refractivity contribution in [2.45, 2.75) is 33.4 Å². The van der Waals surface area contributed by atoms with Gasteiger partial charge >= 0.3 is 0 Å². The van der Waals surface area contributed by atoms with Crippen LogP contribution in [0.5, 0.6) is 0 Å². The lowest BCUT2D eigenvalue weighted by Crippen LogP contribution is -2.23. The summed E-state index contributed by atoms with van der Waals surface area (Å²) >= 11 is 0. The van der Waals surface area contributed by atoms with Crippen LogP contribution < -0.4 is 5.32 Å². The summed E-state index contributed by atoms with van der Waals surface area (Å²) in [7, 11) is 0. The molecule has 92 valence electrons. The van der Waals surface area contributed by atoms with Gasteiger partial charge in [0.25, 0.3) is 0 Å². The van der Waals surface area contributed by atoms with E-state index in [1.54, 1.807) is 6.20 Å². The molecule has 0 aliphatic carbocycles. The number of aromatic nitrogens is 3. The minimum atomic E-state index is 0.288. The van der Waals surface area contributed by atoms with Gasteiger partial charge in [-0.2, -0.15) is 0 Å². The quantitative estimate of drug-likeness (QED) is 0.857. The van der Waals surface area contributed by atoms with Crippen LogP contribution >= 0.6 is 0 Å². The van der Waals surface area contributed by atoms with E-state index in [0.29, 0.717) is 0 Å². The predicted octanol–water partition coefficient (Wildman–Crippen LogP) is 1.84. The third-order valence-corrected chi connectivity index (χ3v) is 2.81. The Hall–Kier alpha value is -1.62. The maximum atomic E-state index is 5.52. The molecule has 0 saturated carbocycles. The van der Waals surface area contributed by atoms with Crippen LogP contribution in [0.1, 0.15) is 30.0 Å². The maximum Gasteiger partial charge on any atom is 0.105 e. The first-order valence-electron chi connectivity index (χ1n) is 5.81. The number of furan rings is 1. The predicted molar refractivity (Wildman–Crippen MR) is 64.6 cm³/mol. The smallest absolute Gasteiger partial charge is 0.105 e. The summed E-state index contributed by atoms with van der Waals surface area (Å²) < 4.78 is 7.33. The van der Waals surface area contributed by atoms with Crippen LogP contribution in [0, 0.1) is 13.8 Å². The van der Waals surface area contributed by atoms with E-state index in [1.807, 2.05) is 24.7 Å². The van der Waals surface area contributed by atoms with E-state index in [0.717, 1.165) is 24.6 Å². The van der Waals surface area contributed by atoms with E-state index in [9.17, 15) is 0 Å². The third-order valence-electron chi connectivity index (χ3n) is 2.81. The minimum absolute atomic E-state index is 0.288. The molecule has 0 bridgehead atoms. The van der Waals surface area contributed by atoms with Crippen LogP contribution in [0.15, 0.2) is 22.9 Å². The van der Waals surface area contributed by atoms with E-state index < -0.39 is 0 Å². The standard InChI is InChI=1S/C12H18N4O/c1-9-8-12(11(3)17-9)10(2)13-4-6-16-7-5-14-15-16/h5,7-8,10,13H,4,6H2,1-3H3. The number of nitrogens with one attached hydrogen (secondary N) is 1. The van der Waals surface area contributed by atoms with E-state index >= 15 is 0 Å². The summed E-state index contributed by atoms with van der Waals surface area (Å²) in [6.07, 6.45) is 3.55. The zero-order chi connectivity index (χ0) is 12.3. The van der Waals surface area contributed by atoms with Gasteiger partial charge in [0.1, 0.15) is 11.5 Å². The monoisotopic (exact) mass is 234 g/mol. The molecule has 0 aliphatic heterocycles. The van der Waals surface area contributed by atoms with Gasteiger partial charge in [-0.3, -0.25) is 4.68 Å². The first-order chi connectivity index (χ1) is 8.16. The van der Waals surface area contributed by atoms with Crippen molar-refractivity contribution in [3.63, 3.8) is 0 Å². The summed E-state index contributed by atoms with van der Waals surface area (Å²) in [6, 6.07) is 2.37. The Labute approximate surface area is 101 Å². The van der Waals surface area contributed by atoms with Crippen molar-refractivity contribution in [2.75, 3.05) is 6.54 Å². The van der Waals surface area contributed by atoms with Crippen LogP contribution in [0.2, 0.25) is 0 Å². The van der Waals surface area contributed by atoms with Crippen LogP contribution in [0.25, 0.3) is 0 Å². The molecule has 17 heavy (non-hydrogen) atoms. The molecule has 1 N–H and O–H groups in total. The van der Waals surface area contributed by atoms with Crippen LogP contribution in [-0.2, 0) is 6.54 Å². The molecule has 2 aromatic rings. The second kappa shape index (κ2) is 5.14. The topological polar surface area (TPSA) is 55.9 Å². The SMILES string of the molecule is Cc1cc(C(C)NCCn2ccnn2)c(C)o1. The molecule has 0 amide bonds. The van der Waals surface area contributed by atoms with Gasteiger partial charge in [-0.05, 0) is 26.8 Å². The molecule has 5 heteroatoms. The molecule has 1 atom stereocenters. The lowest BCUT2D eigenvalue weighted by Gasteiger charge is -2.12. The highest BCUT2D eigenvalue weighted by atomic mass is 16.3. The highest BCUT2D eigenvalue weighted by Crippen LogP contribution is 2.20. The number of nitrogens with zero attached hydrogens (tertiary/aromatic N) is 3. The molecule has 0 aromatic carbocycles. The van der Waals surface area contributed by atoms with Crippen LogP contribution in [-0.4, -0.2) is 21.5 Å². The van der Waals surface area contributed by atoms with Crippen molar-refractivity contribution in [1.29, 1.82) is 0 Å². The Kier molecular flexibility index (Phi) is 3.58. The fourth-order valence-corrected chi connectivity index (χ4v) is 1.94. The molecular formula is C12H18N4O. The summed E-state index contributed by atoms with van der Waals surface area (Å²) in [5.74, 6) is 1.95. The Morgan fingerprint density at radius 3 is 2.88 bits per heavy atom. The van der Waals surface area contributed by atoms with Crippen molar-refractivity contribution in [3.8, 4) is 0 Å². The van der Waals surface area contributed by atoms with Crippen molar-refractivity contribution in [3.05, 3.63) is 35.5 Å². The fraction of sp³-hybridized carbons (Fsp3) is 0.500. The average Bonchev–Trinajstić information content (AvgIpc) is 2.88. The van der Waals surface area contributed by atoms with E-state index in [4.69, 9.17) is 4.42 Å². The van der Waals surface area contributed by atoms with Gasteiger partial charge < -0.3 is 9.73 Å². The Balaban J connectivity index is 1.85. The summed E-state index contributed by atoms with van der Waals surface area (Å²) in [4.78, 5) is 0. The summed E-state index contributed by atoms with van der Waals surface area (Å²) in [5, 5.41) is 11.1. The average molecular weight is 234 g/mol. The molecule has 0 aliphatic rings. The molecule has 0 saturated heterocycles. The van der Waals surface area contributed by atoms with E-state index in [2.05, 4.69) is 28.6 Å². The van der Waals surface area contributed by atoms with Gasteiger partial charge in [0.2, 0.25) is 0 Å². The van der Waals surface area contributed by atoms with Gasteiger partial charge in [0, 0.05) is 24.3 Å². The molecule has 2 rings (SSSR count). The van der Waals surface area contributed by atoms with Crippen molar-refractivity contribution >= 4 is 0 Å². The van der Waals surface area contributed by atoms with Crippen molar-refractivity contribution < 1.29 is 4.42 Å². The Bertz CT molecular complexity index is 461. The van der Waals surface area contributed by atoms with Crippen LogP contribution in [0.4, 0.5) is 0 Å². The van der Waals surface area contributed by atoms with E-state index in [1.165, 1.54) is 5.56 Å². The Morgan fingerprint density at radius 2 is 2.29 bits per heavy atom. The molecule has 1 unspecified atom stereocenters. The zero-order valence-electron chi connectivity index (χ0n) is 10.5. The number of rotatable bonds is 5. The molecule has 0 radical (unpaired) electrons. The molecule has 2 aromatic heterocycles. The number of aryl methyl sites for hydroxylation is 2. The normalized spacial score (nSPS) is 12.9. The molecule has 5 nitrogen and oxygen atoms in total. The molecule has 0 fully saturated rings. The summed E-state index contributed by atoms with van der Waals surface area (Å²) in [5.41, 5.74) is 1.22. The molecule has 0 spiro atoms. The van der Waals surface area contributed by atoms with Gasteiger partial charge in [0.05, 0.1) is 12.7 Å².